The average Bonchev–Trinajstić information content (AvgIpc) is 2.87. The molecule has 37 heavy (non-hydrogen) atoms. The summed E-state index contributed by atoms with van der Waals surface area (Å²) in [6.45, 7) is 3.80. The maximum Gasteiger partial charge on any atom is 0.407 e. The second kappa shape index (κ2) is 12.1. The molecule has 0 spiro atoms. The fourth-order valence-electron chi connectivity index (χ4n) is 4.41. The molecule has 0 aliphatic carbocycles. The van der Waals surface area contributed by atoms with Crippen molar-refractivity contribution in [3.63, 3.8) is 0 Å². The Morgan fingerprint density at radius 2 is 1.65 bits per heavy atom. The van der Waals surface area contributed by atoms with E-state index in [4.69, 9.17) is 0 Å². The summed E-state index contributed by atoms with van der Waals surface area (Å²) in [5.74, 6) is -2.25. The van der Waals surface area contributed by atoms with Crippen molar-refractivity contribution in [3.05, 3.63) is 71.8 Å². The maximum atomic E-state index is 14.1. The summed E-state index contributed by atoms with van der Waals surface area (Å²) in [5.41, 5.74) is -0.983. The Bertz CT molecular complexity index is 1180. The minimum absolute atomic E-state index is 0.153. The van der Waals surface area contributed by atoms with Gasteiger partial charge in [0.1, 0.15) is 17.6 Å². The number of nitrogens with zero attached hydrogens (tertiary/aromatic N) is 2. The fraction of sp³-hybridized carbons (Fsp3) is 0.462. The molecule has 1 heterocycles. The lowest BCUT2D eigenvalue weighted by Crippen LogP contribution is -2.60. The number of nitriles is 1. The van der Waals surface area contributed by atoms with E-state index in [1.165, 1.54) is 24.3 Å². The van der Waals surface area contributed by atoms with Crippen LogP contribution in [-0.2, 0) is 20.4 Å². The zero-order valence-electron chi connectivity index (χ0n) is 20.5. The van der Waals surface area contributed by atoms with E-state index in [9.17, 15) is 31.6 Å². The van der Waals surface area contributed by atoms with Gasteiger partial charge in [-0.3, -0.25) is 10.1 Å². The van der Waals surface area contributed by atoms with E-state index in [1.807, 2.05) is 6.92 Å². The van der Waals surface area contributed by atoms with Crippen molar-refractivity contribution in [2.45, 2.75) is 49.3 Å². The van der Waals surface area contributed by atoms with E-state index in [-0.39, 0.29) is 18.4 Å². The van der Waals surface area contributed by atoms with Crippen molar-refractivity contribution in [1.29, 1.82) is 5.26 Å². The summed E-state index contributed by atoms with van der Waals surface area (Å²) >= 11 is 0. The second-order valence-corrected chi connectivity index (χ2v) is 11.4. The molecule has 0 aromatic heterocycles. The van der Waals surface area contributed by atoms with Crippen LogP contribution in [0.5, 0.6) is 0 Å². The molecule has 0 saturated carbocycles. The minimum atomic E-state index is -4.80. The van der Waals surface area contributed by atoms with Gasteiger partial charge in [0.25, 0.3) is 0 Å². The third-order valence-corrected chi connectivity index (χ3v) is 8.14. The highest BCUT2D eigenvalue weighted by molar-refractivity contribution is 7.90. The molecule has 1 amide bonds. The monoisotopic (exact) mass is 536 g/mol. The third-order valence-electron chi connectivity index (χ3n) is 6.53. The van der Waals surface area contributed by atoms with Crippen LogP contribution in [-0.4, -0.2) is 62.4 Å². The van der Waals surface area contributed by atoms with E-state index in [2.05, 4.69) is 21.6 Å². The fourth-order valence-corrected chi connectivity index (χ4v) is 5.98. The van der Waals surface area contributed by atoms with E-state index < -0.39 is 51.0 Å². The van der Waals surface area contributed by atoms with Gasteiger partial charge in [0.05, 0.1) is 17.6 Å². The summed E-state index contributed by atoms with van der Waals surface area (Å²) in [5, 5.41) is 14.7. The minimum Gasteiger partial charge on any atom is -0.336 e. The predicted octanol–water partition coefficient (Wildman–Crippen LogP) is 3.36. The van der Waals surface area contributed by atoms with Crippen LogP contribution in [0.1, 0.15) is 36.9 Å². The Kier molecular flexibility index (Phi) is 9.34. The van der Waals surface area contributed by atoms with Gasteiger partial charge in [-0.1, -0.05) is 67.6 Å². The Balaban J connectivity index is 1.89. The summed E-state index contributed by atoms with van der Waals surface area (Å²) in [4.78, 5) is 15.5. The predicted molar refractivity (Wildman–Crippen MR) is 134 cm³/mol. The Morgan fingerprint density at radius 3 is 2.16 bits per heavy atom. The van der Waals surface area contributed by atoms with Gasteiger partial charge in [0.2, 0.25) is 5.91 Å². The Labute approximate surface area is 215 Å². The number of carbonyl (C=O) groups excluding carboxylic acids is 1. The zero-order valence-corrected chi connectivity index (χ0v) is 21.4. The van der Waals surface area contributed by atoms with E-state index in [0.717, 1.165) is 6.54 Å². The van der Waals surface area contributed by atoms with Gasteiger partial charge in [0, 0.05) is 13.1 Å². The van der Waals surface area contributed by atoms with Gasteiger partial charge in [-0.2, -0.15) is 18.4 Å². The van der Waals surface area contributed by atoms with E-state index in [0.29, 0.717) is 18.7 Å². The molecule has 0 radical (unpaired) electrons. The third kappa shape index (κ3) is 8.02. The summed E-state index contributed by atoms with van der Waals surface area (Å²) < 4.78 is 68.3. The molecule has 0 bridgehead atoms. The highest BCUT2D eigenvalue weighted by atomic mass is 32.2. The van der Waals surface area contributed by atoms with Gasteiger partial charge in [-0.05, 0) is 30.5 Å². The van der Waals surface area contributed by atoms with Crippen LogP contribution in [0.4, 0.5) is 13.2 Å². The number of hydrogen-bond acceptors (Lipinski definition) is 6. The summed E-state index contributed by atoms with van der Waals surface area (Å²) in [6.07, 6.45) is -4.23. The standard InChI is InChI=1S/C26H31F3N4O3S/c1-2-33-15-13-25(19-30,14-16-33)32-24(34)22(18-37(35,36)17-20-9-5-3-6-10-20)31-23(26(27,28)29)21-11-7-4-8-12-21/h3-12,22-23,31H,2,13-18H2,1H3,(H,32,34)/t22?,23-/m1/s1. The van der Waals surface area contributed by atoms with Crippen molar-refractivity contribution in [2.75, 3.05) is 25.4 Å². The molecule has 2 atom stereocenters. The number of rotatable bonds is 10. The Morgan fingerprint density at radius 1 is 1.08 bits per heavy atom. The van der Waals surface area contributed by atoms with Crippen LogP contribution in [0.15, 0.2) is 60.7 Å². The molecule has 1 aliphatic heterocycles. The van der Waals surface area contributed by atoms with Crippen molar-refractivity contribution in [1.82, 2.24) is 15.5 Å². The molecule has 1 fully saturated rings. The van der Waals surface area contributed by atoms with Crippen LogP contribution in [0, 0.1) is 11.3 Å². The maximum absolute atomic E-state index is 14.1. The lowest BCUT2D eigenvalue weighted by Gasteiger charge is -2.38. The number of halogens is 3. The molecule has 2 aromatic carbocycles. The number of piperidine rings is 1. The smallest absolute Gasteiger partial charge is 0.336 e. The van der Waals surface area contributed by atoms with Gasteiger partial charge >= 0.3 is 6.18 Å². The molecule has 200 valence electrons. The number of likely N-dealkylation sites (tertiary alicyclic amines) is 1. The number of amides is 1. The molecule has 2 aromatic rings. The van der Waals surface area contributed by atoms with Crippen molar-refractivity contribution in [2.24, 2.45) is 0 Å². The van der Waals surface area contributed by atoms with Gasteiger partial charge in [0.15, 0.2) is 9.84 Å². The highest BCUT2D eigenvalue weighted by Crippen LogP contribution is 2.33. The Hall–Kier alpha value is -2.94. The number of sulfone groups is 1. The molecule has 1 aliphatic rings. The first-order valence-corrected chi connectivity index (χ1v) is 13.9. The van der Waals surface area contributed by atoms with Crippen molar-refractivity contribution >= 4 is 15.7 Å². The zero-order chi connectivity index (χ0) is 27.1. The average molecular weight is 537 g/mol. The quantitative estimate of drug-likeness (QED) is 0.483. The topological polar surface area (TPSA) is 102 Å². The first-order valence-electron chi connectivity index (χ1n) is 12.0. The lowest BCUT2D eigenvalue weighted by atomic mass is 9.88. The highest BCUT2D eigenvalue weighted by Gasteiger charge is 2.45. The van der Waals surface area contributed by atoms with Crippen LogP contribution in [0.2, 0.25) is 0 Å². The summed E-state index contributed by atoms with van der Waals surface area (Å²) in [6, 6.07) is 13.2. The van der Waals surface area contributed by atoms with Gasteiger partial charge in [-0.25, -0.2) is 8.42 Å². The second-order valence-electron chi connectivity index (χ2n) is 9.26. The molecule has 1 unspecified atom stereocenters. The molecular formula is C26H31F3N4O3S. The number of carbonyl (C=O) groups is 1. The molecule has 11 heteroatoms. The SMILES string of the molecule is CCN1CCC(C#N)(NC(=O)C(CS(=O)(=O)Cc2ccccc2)N[C@H](c2ccccc2)C(F)(F)F)CC1. The van der Waals surface area contributed by atoms with Gasteiger partial charge in [-0.15, -0.1) is 0 Å². The van der Waals surface area contributed by atoms with E-state index in [1.54, 1.807) is 36.4 Å². The normalized spacial score (nSPS) is 17.9. The van der Waals surface area contributed by atoms with E-state index >= 15 is 0 Å². The number of benzene rings is 2. The lowest BCUT2D eigenvalue weighted by molar-refractivity contribution is -0.160. The largest absolute Gasteiger partial charge is 0.407 e. The number of hydrogen-bond donors (Lipinski definition) is 2. The number of nitrogens with one attached hydrogen (secondary N) is 2. The molecule has 1 saturated heterocycles. The molecule has 3 rings (SSSR count). The molecule has 7 nitrogen and oxygen atoms in total. The number of alkyl halides is 3. The molecule has 2 N–H and O–H groups in total. The first-order chi connectivity index (χ1) is 17.5. The first kappa shape index (κ1) is 28.6. The van der Waals surface area contributed by atoms with Crippen molar-refractivity contribution < 1.29 is 26.4 Å². The van der Waals surface area contributed by atoms with Crippen LogP contribution in [0.3, 0.4) is 0 Å². The van der Waals surface area contributed by atoms with Gasteiger partial charge < -0.3 is 10.2 Å². The molecular weight excluding hydrogens is 505 g/mol. The summed E-state index contributed by atoms with van der Waals surface area (Å²) in [7, 11) is -4.01. The van der Waals surface area contributed by atoms with Crippen LogP contribution >= 0.6 is 0 Å². The van der Waals surface area contributed by atoms with Crippen LogP contribution < -0.4 is 10.6 Å². The van der Waals surface area contributed by atoms with Crippen LogP contribution in [0.25, 0.3) is 0 Å². The van der Waals surface area contributed by atoms with Crippen molar-refractivity contribution in [3.8, 4) is 6.07 Å².